The summed E-state index contributed by atoms with van der Waals surface area (Å²) in [4.78, 5) is 14.1. The van der Waals surface area contributed by atoms with Crippen LogP contribution in [0.2, 0.25) is 0 Å². The van der Waals surface area contributed by atoms with E-state index in [4.69, 9.17) is 5.26 Å². The highest BCUT2D eigenvalue weighted by molar-refractivity contribution is 5.72. The number of halogens is 2. The standard InChI is InChI=1S/C14H10F2N2O2/c1-7-5-9(10(6-17)14(19)18-7)8-3-4-11(15)13(20-2)12(8)16/h3-5H,1-2H3,(H,18,19). The highest BCUT2D eigenvalue weighted by atomic mass is 19.1. The average Bonchev–Trinajstić information content (AvgIpc) is 2.38. The van der Waals surface area contributed by atoms with E-state index in [0.717, 1.165) is 13.2 Å². The van der Waals surface area contributed by atoms with E-state index < -0.39 is 22.9 Å². The molecule has 0 fully saturated rings. The average molecular weight is 276 g/mol. The summed E-state index contributed by atoms with van der Waals surface area (Å²) in [6.07, 6.45) is 0. The molecule has 2 aromatic rings. The van der Waals surface area contributed by atoms with E-state index in [0.29, 0.717) is 5.69 Å². The summed E-state index contributed by atoms with van der Waals surface area (Å²) < 4.78 is 32.3. The van der Waals surface area contributed by atoms with Crippen LogP contribution in [0.15, 0.2) is 23.0 Å². The normalized spacial score (nSPS) is 10.2. The zero-order chi connectivity index (χ0) is 14.9. The summed E-state index contributed by atoms with van der Waals surface area (Å²) in [6.45, 7) is 1.60. The molecule has 0 atom stereocenters. The highest BCUT2D eigenvalue weighted by Crippen LogP contribution is 2.32. The van der Waals surface area contributed by atoms with Gasteiger partial charge in [0.05, 0.1) is 7.11 Å². The molecule has 6 heteroatoms. The van der Waals surface area contributed by atoms with Crippen molar-refractivity contribution in [3.8, 4) is 22.9 Å². The maximum atomic E-state index is 14.2. The van der Waals surface area contributed by atoms with Gasteiger partial charge in [-0.3, -0.25) is 4.79 Å². The number of benzene rings is 1. The van der Waals surface area contributed by atoms with E-state index in [1.165, 1.54) is 12.1 Å². The van der Waals surface area contributed by atoms with Crippen molar-refractivity contribution in [1.29, 1.82) is 5.26 Å². The topological polar surface area (TPSA) is 65.9 Å². The molecule has 0 aliphatic rings. The van der Waals surface area contributed by atoms with Crippen LogP contribution >= 0.6 is 0 Å². The number of aromatic amines is 1. The van der Waals surface area contributed by atoms with Crippen LogP contribution in [0.4, 0.5) is 8.78 Å². The van der Waals surface area contributed by atoms with Crippen LogP contribution in [0.5, 0.6) is 5.75 Å². The van der Waals surface area contributed by atoms with Gasteiger partial charge in [-0.25, -0.2) is 8.78 Å². The van der Waals surface area contributed by atoms with E-state index >= 15 is 0 Å². The summed E-state index contributed by atoms with van der Waals surface area (Å²) >= 11 is 0. The number of nitrogens with one attached hydrogen (secondary N) is 1. The third-order valence-corrected chi connectivity index (χ3v) is 2.82. The maximum Gasteiger partial charge on any atom is 0.266 e. The van der Waals surface area contributed by atoms with Crippen LogP contribution in [0.25, 0.3) is 11.1 Å². The van der Waals surface area contributed by atoms with Crippen molar-refractivity contribution in [2.75, 3.05) is 7.11 Å². The highest BCUT2D eigenvalue weighted by Gasteiger charge is 2.19. The van der Waals surface area contributed by atoms with Crippen LogP contribution in [0.3, 0.4) is 0 Å². The quantitative estimate of drug-likeness (QED) is 0.916. The Bertz CT molecular complexity index is 776. The number of aryl methyl sites for hydroxylation is 1. The molecule has 0 aliphatic carbocycles. The number of aromatic nitrogens is 1. The van der Waals surface area contributed by atoms with Gasteiger partial charge in [0, 0.05) is 16.8 Å². The first-order valence-corrected chi connectivity index (χ1v) is 5.66. The molecular formula is C14H10F2N2O2. The molecule has 0 bridgehead atoms. The van der Waals surface area contributed by atoms with Gasteiger partial charge >= 0.3 is 0 Å². The first-order valence-electron chi connectivity index (χ1n) is 5.66. The van der Waals surface area contributed by atoms with E-state index in [2.05, 4.69) is 9.72 Å². The molecule has 1 heterocycles. The number of ether oxygens (including phenoxy) is 1. The van der Waals surface area contributed by atoms with Crippen molar-refractivity contribution < 1.29 is 13.5 Å². The van der Waals surface area contributed by atoms with Crippen LogP contribution in [0.1, 0.15) is 11.3 Å². The lowest BCUT2D eigenvalue weighted by Crippen LogP contribution is -2.13. The van der Waals surface area contributed by atoms with E-state index in [9.17, 15) is 13.6 Å². The van der Waals surface area contributed by atoms with Crippen LogP contribution < -0.4 is 10.3 Å². The number of hydrogen-bond donors (Lipinski definition) is 1. The van der Waals surface area contributed by atoms with Crippen molar-refractivity contribution >= 4 is 0 Å². The number of nitriles is 1. The maximum absolute atomic E-state index is 14.2. The minimum atomic E-state index is -0.950. The second kappa shape index (κ2) is 5.13. The number of H-pyrrole nitrogens is 1. The molecule has 102 valence electrons. The Labute approximate surface area is 113 Å². The van der Waals surface area contributed by atoms with Crippen molar-refractivity contribution in [3.05, 3.63) is 51.4 Å². The summed E-state index contributed by atoms with van der Waals surface area (Å²) in [6, 6.07) is 5.37. The van der Waals surface area contributed by atoms with Crippen molar-refractivity contribution in [2.45, 2.75) is 6.92 Å². The van der Waals surface area contributed by atoms with Crippen LogP contribution in [0, 0.1) is 29.9 Å². The first-order chi connectivity index (χ1) is 9.49. The fourth-order valence-corrected chi connectivity index (χ4v) is 1.94. The van der Waals surface area contributed by atoms with Crippen molar-refractivity contribution in [1.82, 2.24) is 4.98 Å². The zero-order valence-corrected chi connectivity index (χ0v) is 10.8. The number of rotatable bonds is 2. The third-order valence-electron chi connectivity index (χ3n) is 2.82. The van der Waals surface area contributed by atoms with E-state index in [-0.39, 0.29) is 16.7 Å². The smallest absolute Gasteiger partial charge is 0.266 e. The number of hydrogen-bond acceptors (Lipinski definition) is 3. The Kier molecular flexibility index (Phi) is 3.53. The second-order valence-corrected chi connectivity index (χ2v) is 4.12. The molecular weight excluding hydrogens is 266 g/mol. The lowest BCUT2D eigenvalue weighted by molar-refractivity contribution is 0.360. The van der Waals surface area contributed by atoms with Gasteiger partial charge in [0.25, 0.3) is 5.56 Å². The molecule has 1 aromatic carbocycles. The molecule has 0 saturated carbocycles. The van der Waals surface area contributed by atoms with E-state index in [1.54, 1.807) is 13.0 Å². The fourth-order valence-electron chi connectivity index (χ4n) is 1.94. The minimum absolute atomic E-state index is 0.0611. The van der Waals surface area contributed by atoms with Gasteiger partial charge in [-0.1, -0.05) is 0 Å². The Hall–Kier alpha value is -2.68. The number of methoxy groups -OCH3 is 1. The van der Waals surface area contributed by atoms with Crippen LogP contribution in [-0.4, -0.2) is 12.1 Å². The second-order valence-electron chi connectivity index (χ2n) is 4.12. The summed E-state index contributed by atoms with van der Waals surface area (Å²) in [5.74, 6) is -2.35. The van der Waals surface area contributed by atoms with Gasteiger partial charge in [-0.2, -0.15) is 5.26 Å². The van der Waals surface area contributed by atoms with Gasteiger partial charge in [0.2, 0.25) is 0 Å². The molecule has 20 heavy (non-hydrogen) atoms. The Morgan fingerprint density at radius 2 is 2.00 bits per heavy atom. The summed E-state index contributed by atoms with van der Waals surface area (Å²) in [5, 5.41) is 9.03. The molecule has 0 spiro atoms. The van der Waals surface area contributed by atoms with Crippen molar-refractivity contribution in [2.24, 2.45) is 0 Å². The third kappa shape index (κ3) is 2.14. The molecule has 0 amide bonds. The minimum Gasteiger partial charge on any atom is -0.491 e. The SMILES string of the molecule is COc1c(F)ccc(-c2cc(C)[nH]c(=O)c2C#N)c1F. The summed E-state index contributed by atoms with van der Waals surface area (Å²) in [5.41, 5.74) is -0.349. The molecule has 0 aliphatic heterocycles. The van der Waals surface area contributed by atoms with Gasteiger partial charge < -0.3 is 9.72 Å². The Morgan fingerprint density at radius 1 is 1.30 bits per heavy atom. The molecule has 2 rings (SSSR count). The number of pyridine rings is 1. The van der Waals surface area contributed by atoms with Gasteiger partial charge in [-0.15, -0.1) is 0 Å². The predicted octanol–water partition coefficient (Wildman–Crippen LogP) is 2.51. The largest absolute Gasteiger partial charge is 0.491 e. The summed E-state index contributed by atoms with van der Waals surface area (Å²) in [7, 11) is 1.14. The Balaban J connectivity index is 2.83. The van der Waals surface area contributed by atoms with Gasteiger partial charge in [0.1, 0.15) is 11.6 Å². The lowest BCUT2D eigenvalue weighted by Gasteiger charge is -2.10. The zero-order valence-electron chi connectivity index (χ0n) is 10.8. The van der Waals surface area contributed by atoms with Gasteiger partial charge in [-0.05, 0) is 25.1 Å². The molecule has 0 radical (unpaired) electrons. The molecule has 1 N–H and O–H groups in total. The first kappa shape index (κ1) is 13.7. The lowest BCUT2D eigenvalue weighted by atomic mass is 10.00. The number of nitrogens with zero attached hydrogens (tertiary/aromatic N) is 1. The Morgan fingerprint density at radius 3 is 2.60 bits per heavy atom. The monoisotopic (exact) mass is 276 g/mol. The van der Waals surface area contributed by atoms with Crippen molar-refractivity contribution in [3.63, 3.8) is 0 Å². The molecule has 4 nitrogen and oxygen atoms in total. The predicted molar refractivity (Wildman–Crippen MR) is 68.4 cm³/mol. The molecule has 0 unspecified atom stereocenters. The fraction of sp³-hybridized carbons (Fsp3) is 0.143. The van der Waals surface area contributed by atoms with Gasteiger partial charge in [0.15, 0.2) is 17.4 Å². The van der Waals surface area contributed by atoms with Crippen LogP contribution in [-0.2, 0) is 0 Å². The van der Waals surface area contributed by atoms with E-state index in [1.807, 2.05) is 0 Å². The molecule has 1 aromatic heterocycles. The molecule has 0 saturated heterocycles.